The van der Waals surface area contributed by atoms with Crippen LogP contribution in [0, 0.1) is 12.8 Å². The number of nitrogens with one attached hydrogen (secondary N) is 1. The fourth-order valence-corrected chi connectivity index (χ4v) is 5.54. The number of ether oxygens (including phenoxy) is 1. The average Bonchev–Trinajstić information content (AvgIpc) is 3.80. The van der Waals surface area contributed by atoms with E-state index < -0.39 is 0 Å². The zero-order valence-corrected chi connectivity index (χ0v) is 23.4. The number of aryl methyl sites for hydroxylation is 2. The number of piperazine rings is 1. The summed E-state index contributed by atoms with van der Waals surface area (Å²) in [7, 11) is 1.86. The molecule has 12 nitrogen and oxygen atoms in total. The Morgan fingerprint density at radius 1 is 1.10 bits per heavy atom. The summed E-state index contributed by atoms with van der Waals surface area (Å²) in [5.41, 5.74) is 4.78. The highest BCUT2D eigenvalue weighted by atomic mass is 16.5. The number of carbonyl (C=O) groups is 1. The highest BCUT2D eigenvalue weighted by Crippen LogP contribution is 2.38. The number of aromatic nitrogens is 7. The highest BCUT2D eigenvalue weighted by Gasteiger charge is 2.40. The first-order valence-corrected chi connectivity index (χ1v) is 14.0. The lowest BCUT2D eigenvalue weighted by Gasteiger charge is -2.41. The SMILES string of the molecule is C=CC(=O)N1CCN(c2ncc3ncnc(Nc4ccc(Oc5ccc6c(c5)nnn6C)c(C)c4)c3n2)C[C@H]1C1CC1. The van der Waals surface area contributed by atoms with Crippen molar-refractivity contribution in [2.45, 2.75) is 25.8 Å². The Kier molecular flexibility index (Phi) is 6.37. The molecule has 2 aliphatic rings. The monoisotopic (exact) mass is 562 g/mol. The van der Waals surface area contributed by atoms with Crippen LogP contribution in [0.25, 0.3) is 22.1 Å². The van der Waals surface area contributed by atoms with Crippen molar-refractivity contribution in [3.05, 3.63) is 67.1 Å². The van der Waals surface area contributed by atoms with E-state index in [1.807, 2.05) is 55.3 Å². The lowest BCUT2D eigenvalue weighted by atomic mass is 10.1. The molecule has 1 aliphatic heterocycles. The molecule has 1 saturated carbocycles. The maximum atomic E-state index is 12.5. The van der Waals surface area contributed by atoms with Crippen LogP contribution in [0.1, 0.15) is 18.4 Å². The minimum absolute atomic E-state index is 0.0100. The van der Waals surface area contributed by atoms with Crippen LogP contribution in [0.2, 0.25) is 0 Å². The van der Waals surface area contributed by atoms with Crippen LogP contribution in [-0.4, -0.2) is 71.4 Å². The first-order valence-electron chi connectivity index (χ1n) is 14.0. The fraction of sp³-hybridized carbons (Fsp3) is 0.300. The van der Waals surface area contributed by atoms with Gasteiger partial charge in [0.1, 0.15) is 34.4 Å². The zero-order valence-electron chi connectivity index (χ0n) is 23.4. The summed E-state index contributed by atoms with van der Waals surface area (Å²) in [6, 6.07) is 11.7. The lowest BCUT2D eigenvalue weighted by Crippen LogP contribution is -2.56. The van der Waals surface area contributed by atoms with Crippen LogP contribution in [-0.2, 0) is 11.8 Å². The number of anilines is 3. The van der Waals surface area contributed by atoms with Gasteiger partial charge in [-0.15, -0.1) is 5.10 Å². The first kappa shape index (κ1) is 25.8. The van der Waals surface area contributed by atoms with Crippen molar-refractivity contribution in [1.82, 2.24) is 39.8 Å². The second-order valence-corrected chi connectivity index (χ2v) is 10.8. The van der Waals surface area contributed by atoms with Gasteiger partial charge in [0.2, 0.25) is 11.9 Å². The van der Waals surface area contributed by atoms with Gasteiger partial charge in [-0.1, -0.05) is 11.8 Å². The Labute approximate surface area is 242 Å². The van der Waals surface area contributed by atoms with Gasteiger partial charge in [0.25, 0.3) is 0 Å². The van der Waals surface area contributed by atoms with Crippen molar-refractivity contribution in [2.24, 2.45) is 13.0 Å². The summed E-state index contributed by atoms with van der Waals surface area (Å²) in [5, 5.41) is 11.6. The molecule has 4 heterocycles. The number of carbonyl (C=O) groups excluding carboxylic acids is 1. The van der Waals surface area contributed by atoms with E-state index in [4.69, 9.17) is 9.72 Å². The Morgan fingerprint density at radius 3 is 2.79 bits per heavy atom. The third-order valence-corrected chi connectivity index (χ3v) is 7.94. The number of nitrogens with zero attached hydrogens (tertiary/aromatic N) is 9. The van der Waals surface area contributed by atoms with Crippen molar-refractivity contribution in [1.29, 1.82) is 0 Å². The molecule has 1 atom stereocenters. The molecule has 1 saturated heterocycles. The van der Waals surface area contributed by atoms with Crippen LogP contribution in [0.3, 0.4) is 0 Å². The Hall–Kier alpha value is -5.13. The van der Waals surface area contributed by atoms with Gasteiger partial charge >= 0.3 is 0 Å². The van der Waals surface area contributed by atoms with E-state index in [2.05, 4.69) is 42.1 Å². The van der Waals surface area contributed by atoms with Gasteiger partial charge in [0.05, 0.1) is 17.8 Å². The summed E-state index contributed by atoms with van der Waals surface area (Å²) in [4.78, 5) is 34.9. The molecule has 5 aromatic rings. The zero-order chi connectivity index (χ0) is 28.8. The third-order valence-electron chi connectivity index (χ3n) is 7.94. The normalized spacial score (nSPS) is 17.0. The van der Waals surface area contributed by atoms with Crippen molar-refractivity contribution < 1.29 is 9.53 Å². The minimum Gasteiger partial charge on any atom is -0.457 e. The summed E-state index contributed by atoms with van der Waals surface area (Å²) >= 11 is 0. The molecule has 0 unspecified atom stereocenters. The largest absolute Gasteiger partial charge is 0.457 e. The molecule has 1 N–H and O–H groups in total. The van der Waals surface area contributed by atoms with E-state index >= 15 is 0 Å². The molecule has 1 amide bonds. The van der Waals surface area contributed by atoms with Gasteiger partial charge in [0, 0.05) is 38.4 Å². The Balaban J connectivity index is 1.11. The minimum atomic E-state index is -0.0100. The molecule has 2 fully saturated rings. The van der Waals surface area contributed by atoms with Crippen molar-refractivity contribution in [3.8, 4) is 11.5 Å². The number of hydrogen-bond donors (Lipinski definition) is 1. The summed E-state index contributed by atoms with van der Waals surface area (Å²) in [6.45, 7) is 7.63. The molecule has 0 bridgehead atoms. The summed E-state index contributed by atoms with van der Waals surface area (Å²) in [5.74, 6) is 3.13. The standard InChI is InChI=1S/C30H30N10O2/c1-4-27(41)40-12-11-39(16-25(40)19-5-6-19)30-31-15-23-28(35-30)29(33-17-32-23)34-20-7-10-26(18(2)13-20)42-21-8-9-24-22(14-21)36-37-38(24)3/h4,7-10,13-15,17,19,25H,1,5-6,11-12,16H2,2-3H3,(H,32,33,34)/t25-/m0/s1. The van der Waals surface area contributed by atoms with E-state index in [0.717, 1.165) is 40.9 Å². The van der Waals surface area contributed by atoms with Gasteiger partial charge < -0.3 is 19.9 Å². The predicted molar refractivity (Wildman–Crippen MR) is 159 cm³/mol. The number of benzene rings is 2. The summed E-state index contributed by atoms with van der Waals surface area (Å²) in [6.07, 6.45) is 6.92. The van der Waals surface area contributed by atoms with Crippen LogP contribution in [0.4, 0.5) is 17.5 Å². The Bertz CT molecular complexity index is 1830. The molecule has 212 valence electrons. The van der Waals surface area contributed by atoms with E-state index in [-0.39, 0.29) is 11.9 Å². The van der Waals surface area contributed by atoms with Crippen LogP contribution in [0.5, 0.6) is 11.5 Å². The predicted octanol–water partition coefficient (Wildman–Crippen LogP) is 4.16. The molecular formula is C30H30N10O2. The number of hydrogen-bond acceptors (Lipinski definition) is 10. The highest BCUT2D eigenvalue weighted by molar-refractivity contribution is 5.88. The molecule has 7 rings (SSSR count). The van der Waals surface area contributed by atoms with Crippen LogP contribution < -0.4 is 15.0 Å². The quantitative estimate of drug-likeness (QED) is 0.289. The van der Waals surface area contributed by atoms with Gasteiger partial charge in [-0.2, -0.15) is 0 Å². The van der Waals surface area contributed by atoms with Crippen molar-refractivity contribution in [3.63, 3.8) is 0 Å². The molecule has 2 aromatic carbocycles. The molecule has 0 spiro atoms. The fourth-order valence-electron chi connectivity index (χ4n) is 5.54. The van der Waals surface area contributed by atoms with Gasteiger partial charge in [-0.25, -0.2) is 24.6 Å². The topological polar surface area (TPSA) is 127 Å². The second-order valence-electron chi connectivity index (χ2n) is 10.8. The molecular weight excluding hydrogens is 532 g/mol. The third kappa shape index (κ3) is 4.84. The maximum absolute atomic E-state index is 12.5. The van der Waals surface area contributed by atoms with E-state index in [0.29, 0.717) is 54.1 Å². The van der Waals surface area contributed by atoms with Crippen LogP contribution in [0.15, 0.2) is 61.6 Å². The molecule has 1 aliphatic carbocycles. The second kappa shape index (κ2) is 10.4. The number of amides is 1. The summed E-state index contributed by atoms with van der Waals surface area (Å²) < 4.78 is 7.89. The average molecular weight is 563 g/mol. The van der Waals surface area contributed by atoms with E-state index in [1.165, 1.54) is 12.4 Å². The van der Waals surface area contributed by atoms with E-state index in [1.54, 1.807) is 10.9 Å². The number of fused-ring (bicyclic) bond motifs is 2. The smallest absolute Gasteiger partial charge is 0.246 e. The Morgan fingerprint density at radius 2 is 1.98 bits per heavy atom. The molecule has 0 radical (unpaired) electrons. The van der Waals surface area contributed by atoms with Gasteiger partial charge in [0.15, 0.2) is 5.82 Å². The molecule has 12 heteroatoms. The van der Waals surface area contributed by atoms with E-state index in [9.17, 15) is 4.79 Å². The van der Waals surface area contributed by atoms with Crippen molar-refractivity contribution >= 4 is 45.4 Å². The van der Waals surface area contributed by atoms with Gasteiger partial charge in [-0.05, 0) is 67.7 Å². The first-order chi connectivity index (χ1) is 20.5. The van der Waals surface area contributed by atoms with Crippen molar-refractivity contribution in [2.75, 3.05) is 29.9 Å². The number of rotatable bonds is 7. The van der Waals surface area contributed by atoms with Crippen LogP contribution >= 0.6 is 0 Å². The van der Waals surface area contributed by atoms with Gasteiger partial charge in [-0.3, -0.25) is 4.79 Å². The molecule has 42 heavy (non-hydrogen) atoms. The molecule has 3 aromatic heterocycles. The maximum Gasteiger partial charge on any atom is 0.246 e. The lowest BCUT2D eigenvalue weighted by molar-refractivity contribution is -0.129.